The van der Waals surface area contributed by atoms with Crippen LogP contribution in [-0.2, 0) is 0 Å². The van der Waals surface area contributed by atoms with E-state index in [1.54, 1.807) is 0 Å². The zero-order chi connectivity index (χ0) is 9.66. The van der Waals surface area contributed by atoms with Crippen molar-refractivity contribution < 1.29 is 0 Å². The van der Waals surface area contributed by atoms with Gasteiger partial charge in [0.25, 0.3) is 0 Å². The van der Waals surface area contributed by atoms with E-state index in [2.05, 4.69) is 13.2 Å². The van der Waals surface area contributed by atoms with Gasteiger partial charge in [-0.15, -0.1) is 13.2 Å². The van der Waals surface area contributed by atoms with Crippen molar-refractivity contribution in [1.82, 2.24) is 0 Å². The average Bonchev–Trinajstić information content (AvgIpc) is 2.24. The van der Waals surface area contributed by atoms with Crippen LogP contribution >= 0.6 is 0 Å². The van der Waals surface area contributed by atoms with Crippen LogP contribution in [0, 0.1) is 0 Å². The van der Waals surface area contributed by atoms with Crippen molar-refractivity contribution in [3.63, 3.8) is 0 Å². The van der Waals surface area contributed by atoms with E-state index < -0.39 is 0 Å². The Kier molecular flexibility index (Phi) is 18.1. The molecule has 0 fully saturated rings. The van der Waals surface area contributed by atoms with Gasteiger partial charge in [-0.2, -0.15) is 0 Å². The smallest absolute Gasteiger partial charge is 0.0470 e. The fourth-order valence-corrected chi connectivity index (χ4v) is 0.385. The summed E-state index contributed by atoms with van der Waals surface area (Å²) in [5.74, 6) is 0. The van der Waals surface area contributed by atoms with E-state index in [4.69, 9.17) is 0 Å². The summed E-state index contributed by atoms with van der Waals surface area (Å²) in [6.45, 7) is 10.0. The second kappa shape index (κ2) is 16.4. The summed E-state index contributed by atoms with van der Waals surface area (Å²) < 4.78 is 0. The standard InChI is InChI=1S/C6H6.C4H8.C2H4/c1-2-4-6-5-3-1;1-3-4-2;1-2/h1-6H;3-4H,1-2H3;1-2H2. The van der Waals surface area contributed by atoms with E-state index in [1.807, 2.05) is 62.4 Å². The number of benzene rings is 1. The molecular weight excluding hydrogens is 144 g/mol. The molecule has 0 atom stereocenters. The first kappa shape index (κ1) is 13.3. The van der Waals surface area contributed by atoms with Crippen LogP contribution in [0.1, 0.15) is 13.8 Å². The molecule has 0 aliphatic rings. The predicted octanol–water partition coefficient (Wildman–Crippen LogP) is 4.07. The summed E-state index contributed by atoms with van der Waals surface area (Å²) in [6, 6.07) is 12.0. The van der Waals surface area contributed by atoms with Crippen LogP contribution in [0.25, 0.3) is 0 Å². The molecule has 66 valence electrons. The van der Waals surface area contributed by atoms with Gasteiger partial charge in [0.2, 0.25) is 0 Å². The Morgan fingerprint density at radius 2 is 0.833 bits per heavy atom. The second-order valence-electron chi connectivity index (χ2n) is 1.82. The van der Waals surface area contributed by atoms with Crippen LogP contribution in [-0.4, -0.2) is 0 Å². The highest BCUT2D eigenvalue weighted by molar-refractivity contribution is 4.99. The lowest BCUT2D eigenvalue weighted by Gasteiger charge is -1.69. The zero-order valence-corrected chi connectivity index (χ0v) is 8.03. The number of rotatable bonds is 0. The monoisotopic (exact) mass is 162 g/mol. The molecular formula is C12H18. The first-order valence-electron chi connectivity index (χ1n) is 3.99. The van der Waals surface area contributed by atoms with Gasteiger partial charge in [-0.25, -0.2) is 0 Å². The van der Waals surface area contributed by atoms with Gasteiger partial charge < -0.3 is 0 Å². The van der Waals surface area contributed by atoms with Gasteiger partial charge in [0.15, 0.2) is 0 Å². The van der Waals surface area contributed by atoms with Gasteiger partial charge in [0.05, 0.1) is 0 Å². The SMILES string of the molecule is C=C.CC=CC.c1ccccc1. The van der Waals surface area contributed by atoms with Crippen LogP contribution in [0.15, 0.2) is 61.7 Å². The Balaban J connectivity index is 0. The van der Waals surface area contributed by atoms with Gasteiger partial charge in [0, 0.05) is 0 Å². The van der Waals surface area contributed by atoms with E-state index in [1.165, 1.54) is 0 Å². The molecule has 0 saturated carbocycles. The Bertz CT molecular complexity index is 132. The fourth-order valence-electron chi connectivity index (χ4n) is 0.385. The number of hydrogen-bond acceptors (Lipinski definition) is 0. The highest BCUT2D eigenvalue weighted by Gasteiger charge is 1.57. The first-order chi connectivity index (χ1) is 5.91. The summed E-state index contributed by atoms with van der Waals surface area (Å²) in [7, 11) is 0. The highest BCUT2D eigenvalue weighted by atomic mass is 13.6. The molecule has 0 N–H and O–H groups in total. The Morgan fingerprint density at radius 3 is 0.917 bits per heavy atom. The molecule has 0 nitrogen and oxygen atoms in total. The summed E-state index contributed by atoms with van der Waals surface area (Å²) in [6.07, 6.45) is 4.00. The number of hydrogen-bond donors (Lipinski definition) is 0. The molecule has 1 aromatic rings. The molecule has 0 amide bonds. The van der Waals surface area contributed by atoms with Crippen LogP contribution in [0.4, 0.5) is 0 Å². The zero-order valence-electron chi connectivity index (χ0n) is 8.03. The normalized spacial score (nSPS) is 7.50. The minimum Gasteiger partial charge on any atom is -0.106 e. The largest absolute Gasteiger partial charge is 0.106 e. The molecule has 0 saturated heterocycles. The van der Waals surface area contributed by atoms with Crippen LogP contribution < -0.4 is 0 Å². The molecule has 0 heteroatoms. The first-order valence-corrected chi connectivity index (χ1v) is 3.99. The van der Waals surface area contributed by atoms with Crippen molar-refractivity contribution >= 4 is 0 Å². The average molecular weight is 162 g/mol. The lowest BCUT2D eigenvalue weighted by molar-refractivity contribution is 1.64. The van der Waals surface area contributed by atoms with Crippen molar-refractivity contribution in [2.24, 2.45) is 0 Å². The van der Waals surface area contributed by atoms with Crippen molar-refractivity contribution in [3.8, 4) is 0 Å². The summed E-state index contributed by atoms with van der Waals surface area (Å²) in [5.41, 5.74) is 0. The maximum atomic E-state index is 3.00. The second-order valence-corrected chi connectivity index (χ2v) is 1.82. The van der Waals surface area contributed by atoms with Crippen molar-refractivity contribution in [1.29, 1.82) is 0 Å². The molecule has 1 rings (SSSR count). The lowest BCUT2D eigenvalue weighted by atomic mass is 10.4. The third-order valence-corrected chi connectivity index (χ3v) is 1.00. The van der Waals surface area contributed by atoms with E-state index in [0.29, 0.717) is 0 Å². The third kappa shape index (κ3) is 15.9. The van der Waals surface area contributed by atoms with Gasteiger partial charge in [-0.05, 0) is 13.8 Å². The quantitative estimate of drug-likeness (QED) is 0.504. The Labute approximate surface area is 76.3 Å². The molecule has 0 aromatic heterocycles. The lowest BCUT2D eigenvalue weighted by Crippen LogP contribution is -1.47. The topological polar surface area (TPSA) is 0 Å². The van der Waals surface area contributed by atoms with Gasteiger partial charge in [-0.3, -0.25) is 0 Å². The van der Waals surface area contributed by atoms with E-state index >= 15 is 0 Å². The third-order valence-electron chi connectivity index (χ3n) is 1.00. The molecule has 12 heavy (non-hydrogen) atoms. The maximum Gasteiger partial charge on any atom is -0.0470 e. The predicted molar refractivity (Wildman–Crippen MR) is 58.2 cm³/mol. The van der Waals surface area contributed by atoms with Gasteiger partial charge >= 0.3 is 0 Å². The van der Waals surface area contributed by atoms with Crippen LogP contribution in [0.2, 0.25) is 0 Å². The molecule has 0 spiro atoms. The van der Waals surface area contributed by atoms with Crippen molar-refractivity contribution in [3.05, 3.63) is 61.7 Å². The summed E-state index contributed by atoms with van der Waals surface area (Å²) >= 11 is 0. The summed E-state index contributed by atoms with van der Waals surface area (Å²) in [4.78, 5) is 0. The molecule has 0 heterocycles. The van der Waals surface area contributed by atoms with Gasteiger partial charge in [0.1, 0.15) is 0 Å². The van der Waals surface area contributed by atoms with Crippen LogP contribution in [0.3, 0.4) is 0 Å². The molecule has 0 radical (unpaired) electrons. The minimum atomic E-state index is 2.00. The van der Waals surface area contributed by atoms with Gasteiger partial charge in [-0.1, -0.05) is 48.6 Å². The molecule has 1 aromatic carbocycles. The number of allylic oxidation sites excluding steroid dienone is 2. The van der Waals surface area contributed by atoms with E-state index in [0.717, 1.165) is 0 Å². The van der Waals surface area contributed by atoms with E-state index in [-0.39, 0.29) is 0 Å². The van der Waals surface area contributed by atoms with E-state index in [9.17, 15) is 0 Å². The highest BCUT2D eigenvalue weighted by Crippen LogP contribution is 1.79. The van der Waals surface area contributed by atoms with Crippen molar-refractivity contribution in [2.45, 2.75) is 13.8 Å². The molecule has 0 aliphatic carbocycles. The Hall–Kier alpha value is -1.30. The maximum absolute atomic E-state index is 3.00. The molecule has 0 bridgehead atoms. The fraction of sp³-hybridized carbons (Fsp3) is 0.167. The van der Waals surface area contributed by atoms with Crippen molar-refractivity contribution in [2.75, 3.05) is 0 Å². The summed E-state index contributed by atoms with van der Waals surface area (Å²) in [5, 5.41) is 0. The molecule has 0 aliphatic heterocycles. The van der Waals surface area contributed by atoms with Crippen LogP contribution in [0.5, 0.6) is 0 Å². The molecule has 0 unspecified atom stereocenters. The minimum absolute atomic E-state index is 2.00. The Morgan fingerprint density at radius 1 is 0.667 bits per heavy atom.